The van der Waals surface area contributed by atoms with Crippen molar-refractivity contribution in [2.24, 2.45) is 5.92 Å². The third-order valence-corrected chi connectivity index (χ3v) is 3.00. The zero-order valence-corrected chi connectivity index (χ0v) is 9.45. The number of aromatic nitrogens is 2. The summed E-state index contributed by atoms with van der Waals surface area (Å²) in [6, 6.07) is 1.80. The van der Waals surface area contributed by atoms with Gasteiger partial charge in [0.25, 0.3) is 5.92 Å². The monoisotopic (exact) mass is 227 g/mol. The molecule has 2 heterocycles. The molecule has 0 radical (unpaired) electrons. The molecule has 5 heteroatoms. The number of hydrogen-bond donors (Lipinski definition) is 0. The maximum atomic E-state index is 13.3. The van der Waals surface area contributed by atoms with E-state index >= 15 is 0 Å². The molecule has 88 valence electrons. The minimum absolute atomic E-state index is 0.120. The van der Waals surface area contributed by atoms with Gasteiger partial charge in [-0.25, -0.2) is 18.7 Å². The van der Waals surface area contributed by atoms with Crippen LogP contribution in [0.25, 0.3) is 0 Å². The van der Waals surface area contributed by atoms with Gasteiger partial charge in [0, 0.05) is 37.3 Å². The second-order valence-corrected chi connectivity index (χ2v) is 4.36. The molecule has 0 unspecified atom stereocenters. The first-order valence-corrected chi connectivity index (χ1v) is 5.41. The molecule has 0 saturated carbocycles. The summed E-state index contributed by atoms with van der Waals surface area (Å²) in [6.07, 6.45) is 1.54. The second kappa shape index (κ2) is 3.96. The quantitative estimate of drug-likeness (QED) is 0.737. The fourth-order valence-corrected chi connectivity index (χ4v) is 1.86. The van der Waals surface area contributed by atoms with Crippen LogP contribution in [0.2, 0.25) is 0 Å². The van der Waals surface area contributed by atoms with Gasteiger partial charge in [0.2, 0.25) is 5.95 Å². The first-order chi connectivity index (χ1) is 7.49. The van der Waals surface area contributed by atoms with Crippen LogP contribution in [0.3, 0.4) is 0 Å². The van der Waals surface area contributed by atoms with Gasteiger partial charge in [-0.15, -0.1) is 0 Å². The fraction of sp³-hybridized carbons (Fsp3) is 0.636. The van der Waals surface area contributed by atoms with Gasteiger partial charge in [-0.2, -0.15) is 0 Å². The molecule has 3 nitrogen and oxygen atoms in total. The number of alkyl halides is 2. The van der Waals surface area contributed by atoms with Gasteiger partial charge < -0.3 is 4.90 Å². The summed E-state index contributed by atoms with van der Waals surface area (Å²) in [5, 5.41) is 0. The summed E-state index contributed by atoms with van der Waals surface area (Å²) in [5.74, 6) is -2.65. The lowest BCUT2D eigenvalue weighted by Crippen LogP contribution is -2.46. The van der Waals surface area contributed by atoms with Crippen LogP contribution < -0.4 is 4.90 Å². The minimum atomic E-state index is -2.56. The summed E-state index contributed by atoms with van der Waals surface area (Å²) in [4.78, 5) is 10.2. The van der Waals surface area contributed by atoms with Gasteiger partial charge in [0.1, 0.15) is 0 Å². The van der Waals surface area contributed by atoms with E-state index < -0.39 is 11.8 Å². The normalized spacial score (nSPS) is 24.5. The van der Waals surface area contributed by atoms with Crippen LogP contribution in [0.5, 0.6) is 0 Å². The van der Waals surface area contributed by atoms with E-state index in [0.29, 0.717) is 19.0 Å². The first-order valence-electron chi connectivity index (χ1n) is 5.41. The van der Waals surface area contributed by atoms with E-state index in [-0.39, 0.29) is 6.42 Å². The Bertz CT molecular complexity index is 381. The van der Waals surface area contributed by atoms with Crippen molar-refractivity contribution in [2.75, 3.05) is 18.0 Å². The molecule has 0 bridgehead atoms. The van der Waals surface area contributed by atoms with Crippen LogP contribution in [0.4, 0.5) is 14.7 Å². The van der Waals surface area contributed by atoms with Crippen molar-refractivity contribution in [1.82, 2.24) is 9.97 Å². The number of piperidine rings is 1. The topological polar surface area (TPSA) is 29.0 Å². The van der Waals surface area contributed by atoms with E-state index in [4.69, 9.17) is 0 Å². The maximum absolute atomic E-state index is 13.3. The van der Waals surface area contributed by atoms with Crippen molar-refractivity contribution < 1.29 is 8.78 Å². The van der Waals surface area contributed by atoms with Crippen molar-refractivity contribution in [1.29, 1.82) is 0 Å². The van der Waals surface area contributed by atoms with E-state index in [9.17, 15) is 8.78 Å². The molecule has 0 aromatic carbocycles. The van der Waals surface area contributed by atoms with Gasteiger partial charge >= 0.3 is 0 Å². The Hall–Kier alpha value is -1.26. The molecule has 2 rings (SSSR count). The summed E-state index contributed by atoms with van der Waals surface area (Å²) >= 11 is 0. The third-order valence-electron chi connectivity index (χ3n) is 3.00. The first kappa shape index (κ1) is 11.2. The van der Waals surface area contributed by atoms with E-state index in [1.165, 1.54) is 0 Å². The van der Waals surface area contributed by atoms with Crippen molar-refractivity contribution in [3.05, 3.63) is 18.0 Å². The number of anilines is 1. The van der Waals surface area contributed by atoms with Gasteiger partial charge in [-0.05, 0) is 13.0 Å². The SMILES string of the molecule is Cc1ccnc(N2CCC(F)(F)[C@H](C)C2)n1. The highest BCUT2D eigenvalue weighted by atomic mass is 19.3. The Labute approximate surface area is 93.5 Å². The lowest BCUT2D eigenvalue weighted by Gasteiger charge is -2.36. The highest BCUT2D eigenvalue weighted by Crippen LogP contribution is 2.33. The predicted octanol–water partition coefficient (Wildman–Crippen LogP) is 2.27. The lowest BCUT2D eigenvalue weighted by molar-refractivity contribution is -0.0653. The molecule has 1 aliphatic rings. The number of rotatable bonds is 1. The number of aryl methyl sites for hydroxylation is 1. The van der Waals surface area contributed by atoms with E-state index in [1.54, 1.807) is 19.2 Å². The largest absolute Gasteiger partial charge is 0.340 e. The van der Waals surface area contributed by atoms with Crippen LogP contribution in [0.15, 0.2) is 12.3 Å². The maximum Gasteiger partial charge on any atom is 0.254 e. The Morgan fingerprint density at radius 2 is 2.25 bits per heavy atom. The molecular formula is C11H15F2N3. The summed E-state index contributed by atoms with van der Waals surface area (Å²) in [5.41, 5.74) is 0.856. The van der Waals surface area contributed by atoms with Crippen LogP contribution in [-0.4, -0.2) is 29.0 Å². The lowest BCUT2D eigenvalue weighted by atomic mass is 9.96. The van der Waals surface area contributed by atoms with Gasteiger partial charge in [0.05, 0.1) is 0 Å². The van der Waals surface area contributed by atoms with E-state index in [2.05, 4.69) is 9.97 Å². The molecule has 0 N–H and O–H groups in total. The smallest absolute Gasteiger partial charge is 0.254 e. The van der Waals surface area contributed by atoms with Crippen molar-refractivity contribution in [3.8, 4) is 0 Å². The average molecular weight is 227 g/mol. The fourth-order valence-electron chi connectivity index (χ4n) is 1.86. The zero-order valence-electron chi connectivity index (χ0n) is 9.45. The molecule has 0 spiro atoms. The van der Waals surface area contributed by atoms with Crippen molar-refractivity contribution in [2.45, 2.75) is 26.2 Å². The predicted molar refractivity (Wildman–Crippen MR) is 57.7 cm³/mol. The molecule has 0 amide bonds. The van der Waals surface area contributed by atoms with Crippen LogP contribution in [0.1, 0.15) is 19.0 Å². The molecule has 0 aliphatic carbocycles. The summed E-state index contributed by atoms with van der Waals surface area (Å²) in [7, 11) is 0. The van der Waals surface area contributed by atoms with Crippen molar-refractivity contribution >= 4 is 5.95 Å². The molecule has 16 heavy (non-hydrogen) atoms. The summed E-state index contributed by atoms with van der Waals surface area (Å²) in [6.45, 7) is 4.08. The standard InChI is InChI=1S/C11H15F2N3/c1-8-7-16(6-4-11(8,12)13)10-14-5-3-9(2)15-10/h3,5,8H,4,6-7H2,1-2H3/t8-/m1/s1. The van der Waals surface area contributed by atoms with Crippen molar-refractivity contribution in [3.63, 3.8) is 0 Å². The molecular weight excluding hydrogens is 212 g/mol. The van der Waals surface area contributed by atoms with Gasteiger partial charge in [-0.1, -0.05) is 6.92 Å². The third kappa shape index (κ3) is 2.13. The Balaban J connectivity index is 2.14. The van der Waals surface area contributed by atoms with E-state index in [1.807, 2.05) is 11.8 Å². The molecule has 1 fully saturated rings. The number of nitrogens with zero attached hydrogens (tertiary/aromatic N) is 3. The van der Waals surface area contributed by atoms with Gasteiger partial charge in [0.15, 0.2) is 0 Å². The molecule has 1 atom stereocenters. The van der Waals surface area contributed by atoms with Gasteiger partial charge in [-0.3, -0.25) is 0 Å². The average Bonchev–Trinajstić information content (AvgIpc) is 2.22. The number of halogens is 2. The van der Waals surface area contributed by atoms with E-state index in [0.717, 1.165) is 5.69 Å². The Morgan fingerprint density at radius 1 is 1.50 bits per heavy atom. The molecule has 1 aromatic rings. The molecule has 1 aromatic heterocycles. The second-order valence-electron chi connectivity index (χ2n) is 4.36. The Kier molecular flexibility index (Phi) is 2.78. The van der Waals surface area contributed by atoms with Crippen LogP contribution in [0, 0.1) is 12.8 Å². The Morgan fingerprint density at radius 3 is 2.88 bits per heavy atom. The van der Waals surface area contributed by atoms with Crippen LogP contribution in [-0.2, 0) is 0 Å². The highest BCUT2D eigenvalue weighted by Gasteiger charge is 2.41. The molecule has 1 saturated heterocycles. The summed E-state index contributed by atoms with van der Waals surface area (Å²) < 4.78 is 26.6. The zero-order chi connectivity index (χ0) is 11.8. The minimum Gasteiger partial charge on any atom is -0.340 e. The van der Waals surface area contributed by atoms with Crippen LogP contribution >= 0.6 is 0 Å². The number of hydrogen-bond acceptors (Lipinski definition) is 3. The highest BCUT2D eigenvalue weighted by molar-refractivity contribution is 5.31. The molecule has 1 aliphatic heterocycles.